The summed E-state index contributed by atoms with van der Waals surface area (Å²) in [6, 6.07) is 11.5. The SMILES string of the molecule is COc1ccc(/C=N/NC(=O)CSCc2ccc([N+](=O)[O-])cc2)c(OC)c1. The summed E-state index contributed by atoms with van der Waals surface area (Å²) in [6.45, 7) is 0. The third-order valence-electron chi connectivity index (χ3n) is 3.48. The van der Waals surface area contributed by atoms with E-state index < -0.39 is 4.92 Å². The van der Waals surface area contributed by atoms with Crippen LogP contribution in [0.15, 0.2) is 47.6 Å². The van der Waals surface area contributed by atoms with Crippen LogP contribution in [0, 0.1) is 10.1 Å². The van der Waals surface area contributed by atoms with Crippen molar-refractivity contribution in [2.75, 3.05) is 20.0 Å². The number of methoxy groups -OCH3 is 2. The molecule has 0 radical (unpaired) electrons. The number of carbonyl (C=O) groups excluding carboxylic acids is 1. The van der Waals surface area contributed by atoms with Crippen molar-refractivity contribution in [2.24, 2.45) is 5.10 Å². The van der Waals surface area contributed by atoms with Crippen molar-refractivity contribution in [1.82, 2.24) is 5.43 Å². The number of ether oxygens (including phenoxy) is 2. The highest BCUT2D eigenvalue weighted by atomic mass is 32.2. The standard InChI is InChI=1S/C18H19N3O5S/c1-25-16-8-5-14(17(9-16)26-2)10-19-20-18(22)12-27-11-13-3-6-15(7-4-13)21(23)24/h3-10H,11-12H2,1-2H3,(H,20,22)/b19-10+. The second-order valence-corrected chi connectivity index (χ2v) is 6.30. The minimum atomic E-state index is -0.444. The molecule has 0 fully saturated rings. The normalized spacial score (nSPS) is 10.6. The van der Waals surface area contributed by atoms with E-state index in [1.165, 1.54) is 30.1 Å². The van der Waals surface area contributed by atoms with Crippen LogP contribution >= 0.6 is 11.8 Å². The first-order chi connectivity index (χ1) is 13.0. The molecule has 142 valence electrons. The van der Waals surface area contributed by atoms with Crippen molar-refractivity contribution < 1.29 is 19.2 Å². The Morgan fingerprint density at radius 2 is 1.96 bits per heavy atom. The fraction of sp³-hybridized carbons (Fsp3) is 0.222. The Bertz CT molecular complexity index is 824. The number of hydrazone groups is 1. The predicted molar refractivity (Wildman–Crippen MR) is 105 cm³/mol. The highest BCUT2D eigenvalue weighted by Crippen LogP contribution is 2.23. The molecule has 2 aromatic carbocycles. The van der Waals surface area contributed by atoms with Gasteiger partial charge in [0.05, 0.1) is 31.1 Å². The Kier molecular flexibility index (Phi) is 7.63. The largest absolute Gasteiger partial charge is 0.497 e. The number of benzene rings is 2. The zero-order valence-electron chi connectivity index (χ0n) is 14.9. The number of thioether (sulfide) groups is 1. The van der Waals surface area contributed by atoms with Gasteiger partial charge < -0.3 is 9.47 Å². The molecular formula is C18H19N3O5S. The molecule has 0 bridgehead atoms. The van der Waals surface area contributed by atoms with Gasteiger partial charge in [-0.3, -0.25) is 14.9 Å². The van der Waals surface area contributed by atoms with E-state index in [4.69, 9.17) is 9.47 Å². The molecule has 0 aliphatic carbocycles. The summed E-state index contributed by atoms with van der Waals surface area (Å²) >= 11 is 1.39. The lowest BCUT2D eigenvalue weighted by molar-refractivity contribution is -0.384. The summed E-state index contributed by atoms with van der Waals surface area (Å²) in [5.74, 6) is 1.79. The first kappa shape index (κ1) is 20.2. The molecule has 9 heteroatoms. The summed E-state index contributed by atoms with van der Waals surface area (Å²) < 4.78 is 10.4. The fourth-order valence-corrected chi connectivity index (χ4v) is 2.89. The second-order valence-electron chi connectivity index (χ2n) is 5.32. The van der Waals surface area contributed by atoms with E-state index in [9.17, 15) is 14.9 Å². The summed E-state index contributed by atoms with van der Waals surface area (Å²) in [5, 5.41) is 14.5. The Morgan fingerprint density at radius 1 is 1.22 bits per heavy atom. The van der Waals surface area contributed by atoms with Crippen LogP contribution in [0.2, 0.25) is 0 Å². The van der Waals surface area contributed by atoms with Gasteiger partial charge in [-0.05, 0) is 17.7 Å². The zero-order chi connectivity index (χ0) is 19.6. The lowest BCUT2D eigenvalue weighted by Crippen LogP contribution is -2.19. The van der Waals surface area contributed by atoms with E-state index >= 15 is 0 Å². The molecule has 27 heavy (non-hydrogen) atoms. The van der Waals surface area contributed by atoms with Gasteiger partial charge in [0.2, 0.25) is 5.91 Å². The first-order valence-electron chi connectivity index (χ1n) is 7.88. The van der Waals surface area contributed by atoms with Gasteiger partial charge in [0.1, 0.15) is 11.5 Å². The number of nitrogens with zero attached hydrogens (tertiary/aromatic N) is 2. The van der Waals surface area contributed by atoms with Crippen LogP contribution in [0.5, 0.6) is 11.5 Å². The van der Waals surface area contributed by atoms with Gasteiger partial charge in [0.25, 0.3) is 5.69 Å². The summed E-state index contributed by atoms with van der Waals surface area (Å²) in [7, 11) is 3.11. The molecule has 0 atom stereocenters. The molecule has 2 aromatic rings. The Balaban J connectivity index is 1.79. The molecule has 0 saturated carbocycles. The van der Waals surface area contributed by atoms with Crippen LogP contribution in [0.1, 0.15) is 11.1 Å². The number of nitro benzene ring substituents is 1. The van der Waals surface area contributed by atoms with Crippen LogP contribution in [0.4, 0.5) is 5.69 Å². The van der Waals surface area contributed by atoms with Crippen molar-refractivity contribution in [3.05, 3.63) is 63.7 Å². The Hall–Kier alpha value is -3.07. The van der Waals surface area contributed by atoms with E-state index in [1.54, 1.807) is 44.6 Å². The quantitative estimate of drug-likeness (QED) is 0.402. The van der Waals surface area contributed by atoms with Gasteiger partial charge in [-0.15, -0.1) is 11.8 Å². The summed E-state index contributed by atoms with van der Waals surface area (Å²) in [4.78, 5) is 22.0. The van der Waals surface area contributed by atoms with Crippen LogP contribution in [-0.4, -0.2) is 37.0 Å². The highest BCUT2D eigenvalue weighted by molar-refractivity contribution is 7.99. The number of carbonyl (C=O) groups is 1. The van der Waals surface area contributed by atoms with Gasteiger partial charge in [-0.25, -0.2) is 5.43 Å². The third kappa shape index (κ3) is 6.30. The lowest BCUT2D eigenvalue weighted by atomic mass is 10.2. The van der Waals surface area contributed by atoms with Crippen molar-refractivity contribution >= 4 is 29.6 Å². The fourth-order valence-electron chi connectivity index (χ4n) is 2.11. The molecule has 2 rings (SSSR count). The molecule has 0 heterocycles. The van der Waals surface area contributed by atoms with Crippen molar-refractivity contribution in [1.29, 1.82) is 0 Å². The second kappa shape index (κ2) is 10.2. The molecule has 0 saturated heterocycles. The highest BCUT2D eigenvalue weighted by Gasteiger charge is 2.06. The monoisotopic (exact) mass is 389 g/mol. The van der Waals surface area contributed by atoms with E-state index in [1.807, 2.05) is 0 Å². The molecule has 0 aromatic heterocycles. The topological polar surface area (TPSA) is 103 Å². The number of non-ortho nitro benzene ring substituents is 1. The van der Waals surface area contributed by atoms with Crippen LogP contribution < -0.4 is 14.9 Å². The van der Waals surface area contributed by atoms with E-state index in [-0.39, 0.29) is 17.3 Å². The molecule has 0 unspecified atom stereocenters. The zero-order valence-corrected chi connectivity index (χ0v) is 15.7. The number of rotatable bonds is 9. The van der Waals surface area contributed by atoms with Gasteiger partial charge in [-0.2, -0.15) is 5.10 Å². The minimum absolute atomic E-state index is 0.0461. The number of nitrogens with one attached hydrogen (secondary N) is 1. The van der Waals surface area contributed by atoms with Crippen LogP contribution in [-0.2, 0) is 10.5 Å². The Labute approximate surface area is 160 Å². The van der Waals surface area contributed by atoms with Crippen molar-refractivity contribution in [3.63, 3.8) is 0 Å². The molecule has 0 aliphatic rings. The molecule has 1 N–H and O–H groups in total. The number of hydrogen-bond donors (Lipinski definition) is 1. The summed E-state index contributed by atoms with van der Waals surface area (Å²) in [5.41, 5.74) is 4.11. The van der Waals surface area contributed by atoms with Gasteiger partial charge in [0, 0.05) is 29.5 Å². The molecule has 0 spiro atoms. The van der Waals surface area contributed by atoms with E-state index in [0.29, 0.717) is 22.8 Å². The molecule has 0 aliphatic heterocycles. The van der Waals surface area contributed by atoms with E-state index in [2.05, 4.69) is 10.5 Å². The average Bonchev–Trinajstić information content (AvgIpc) is 2.68. The maximum atomic E-state index is 11.8. The van der Waals surface area contributed by atoms with E-state index in [0.717, 1.165) is 5.56 Å². The van der Waals surface area contributed by atoms with Crippen molar-refractivity contribution in [3.8, 4) is 11.5 Å². The number of hydrogen-bond acceptors (Lipinski definition) is 7. The first-order valence-corrected chi connectivity index (χ1v) is 9.04. The molecular weight excluding hydrogens is 370 g/mol. The van der Waals surface area contributed by atoms with Crippen LogP contribution in [0.25, 0.3) is 0 Å². The number of amides is 1. The van der Waals surface area contributed by atoms with Gasteiger partial charge in [-0.1, -0.05) is 12.1 Å². The molecule has 8 nitrogen and oxygen atoms in total. The smallest absolute Gasteiger partial charge is 0.269 e. The van der Waals surface area contributed by atoms with Gasteiger partial charge >= 0.3 is 0 Å². The number of nitro groups is 1. The third-order valence-corrected chi connectivity index (χ3v) is 4.49. The Morgan fingerprint density at radius 3 is 2.59 bits per heavy atom. The maximum Gasteiger partial charge on any atom is 0.269 e. The minimum Gasteiger partial charge on any atom is -0.497 e. The van der Waals surface area contributed by atoms with Crippen molar-refractivity contribution in [2.45, 2.75) is 5.75 Å². The lowest BCUT2D eigenvalue weighted by Gasteiger charge is -2.07. The van der Waals surface area contributed by atoms with Gasteiger partial charge in [0.15, 0.2) is 0 Å². The average molecular weight is 389 g/mol. The maximum absolute atomic E-state index is 11.8. The van der Waals surface area contributed by atoms with Crippen LogP contribution in [0.3, 0.4) is 0 Å². The molecule has 1 amide bonds. The predicted octanol–water partition coefficient (Wildman–Crippen LogP) is 3.00. The summed E-state index contributed by atoms with van der Waals surface area (Å²) in [6.07, 6.45) is 1.50.